The third kappa shape index (κ3) is 3.38. The molecule has 3 N–H and O–H groups in total. The zero-order valence-corrected chi connectivity index (χ0v) is 11.1. The first kappa shape index (κ1) is 13.7. The Hall–Kier alpha value is -1.75. The molecule has 1 saturated heterocycles. The van der Waals surface area contributed by atoms with Gasteiger partial charge in [0.25, 0.3) is 5.91 Å². The van der Waals surface area contributed by atoms with Crippen LogP contribution >= 0.6 is 0 Å². The minimum absolute atomic E-state index is 0.165. The van der Waals surface area contributed by atoms with Gasteiger partial charge in [0.15, 0.2) is 0 Å². The summed E-state index contributed by atoms with van der Waals surface area (Å²) in [4.78, 5) is 12.1. The number of nitrogen functional groups attached to an aromatic ring is 1. The van der Waals surface area contributed by atoms with Crippen molar-refractivity contribution in [1.82, 2.24) is 5.32 Å². The lowest BCUT2D eigenvalue weighted by molar-refractivity contribution is 0.0536. The second kappa shape index (κ2) is 6.43. The molecule has 0 saturated carbocycles. The summed E-state index contributed by atoms with van der Waals surface area (Å²) >= 11 is 0. The molecule has 0 aliphatic carbocycles. The molecule has 1 aliphatic rings. The number of ether oxygens (including phenoxy) is 2. The van der Waals surface area contributed by atoms with Crippen molar-refractivity contribution in [3.63, 3.8) is 0 Å². The molecule has 5 nitrogen and oxygen atoms in total. The maximum absolute atomic E-state index is 12.1. The van der Waals surface area contributed by atoms with E-state index < -0.39 is 0 Å². The molecule has 1 atom stereocenters. The molecule has 5 heteroatoms. The molecule has 1 aromatic carbocycles. The molecule has 0 radical (unpaired) electrons. The Bertz CT molecular complexity index is 442. The molecule has 0 spiro atoms. The monoisotopic (exact) mass is 264 g/mol. The number of rotatable bonds is 4. The maximum atomic E-state index is 12.1. The lowest BCUT2D eigenvalue weighted by Gasteiger charge is -2.22. The highest BCUT2D eigenvalue weighted by Gasteiger charge is 2.17. The van der Waals surface area contributed by atoms with E-state index >= 15 is 0 Å². The molecule has 0 bridgehead atoms. The van der Waals surface area contributed by atoms with Crippen LogP contribution in [0.25, 0.3) is 0 Å². The van der Waals surface area contributed by atoms with Crippen molar-refractivity contribution in [2.75, 3.05) is 32.6 Å². The van der Waals surface area contributed by atoms with Gasteiger partial charge in [0, 0.05) is 13.2 Å². The van der Waals surface area contributed by atoms with Crippen LogP contribution in [0.15, 0.2) is 18.2 Å². The molecule has 1 aliphatic heterocycles. The van der Waals surface area contributed by atoms with Gasteiger partial charge in [-0.05, 0) is 30.9 Å². The first-order valence-electron chi connectivity index (χ1n) is 6.50. The number of para-hydroxylation sites is 1. The first-order valence-corrected chi connectivity index (χ1v) is 6.50. The molecular weight excluding hydrogens is 244 g/mol. The van der Waals surface area contributed by atoms with Crippen LogP contribution in [0.1, 0.15) is 23.2 Å². The van der Waals surface area contributed by atoms with Crippen molar-refractivity contribution in [3.8, 4) is 5.75 Å². The molecule has 0 aromatic heterocycles. The highest BCUT2D eigenvalue weighted by molar-refractivity contribution is 6.00. The number of hydrogen-bond donors (Lipinski definition) is 2. The number of benzene rings is 1. The maximum Gasteiger partial charge on any atom is 0.253 e. The van der Waals surface area contributed by atoms with Crippen LogP contribution in [0, 0.1) is 5.92 Å². The summed E-state index contributed by atoms with van der Waals surface area (Å²) < 4.78 is 10.5. The van der Waals surface area contributed by atoms with E-state index in [4.69, 9.17) is 15.2 Å². The van der Waals surface area contributed by atoms with E-state index in [1.54, 1.807) is 18.2 Å². The zero-order valence-electron chi connectivity index (χ0n) is 11.1. The first-order chi connectivity index (χ1) is 9.22. The van der Waals surface area contributed by atoms with Gasteiger partial charge in [-0.2, -0.15) is 0 Å². The molecule has 1 amide bonds. The molecule has 2 rings (SSSR count). The van der Waals surface area contributed by atoms with Gasteiger partial charge in [0.1, 0.15) is 5.75 Å². The van der Waals surface area contributed by atoms with Crippen LogP contribution < -0.4 is 15.8 Å². The number of carbonyl (C=O) groups excluding carboxylic acids is 1. The second-order valence-corrected chi connectivity index (χ2v) is 4.71. The minimum atomic E-state index is -0.165. The van der Waals surface area contributed by atoms with Crippen molar-refractivity contribution in [2.45, 2.75) is 12.8 Å². The number of anilines is 1. The fourth-order valence-corrected chi connectivity index (χ4v) is 2.22. The van der Waals surface area contributed by atoms with Gasteiger partial charge in [-0.3, -0.25) is 4.79 Å². The Morgan fingerprint density at radius 1 is 1.58 bits per heavy atom. The minimum Gasteiger partial charge on any atom is -0.495 e. The Balaban J connectivity index is 1.95. The molecule has 19 heavy (non-hydrogen) atoms. The zero-order chi connectivity index (χ0) is 13.7. The third-order valence-electron chi connectivity index (χ3n) is 3.34. The highest BCUT2D eigenvalue weighted by Crippen LogP contribution is 2.24. The quantitative estimate of drug-likeness (QED) is 0.807. The van der Waals surface area contributed by atoms with E-state index in [0.29, 0.717) is 36.1 Å². The van der Waals surface area contributed by atoms with Crippen molar-refractivity contribution >= 4 is 11.6 Å². The van der Waals surface area contributed by atoms with Gasteiger partial charge in [-0.15, -0.1) is 0 Å². The van der Waals surface area contributed by atoms with Crippen LogP contribution in [0.2, 0.25) is 0 Å². The van der Waals surface area contributed by atoms with Crippen LogP contribution in [0.3, 0.4) is 0 Å². The Kier molecular flexibility index (Phi) is 4.63. The average molecular weight is 264 g/mol. The fraction of sp³-hybridized carbons (Fsp3) is 0.500. The van der Waals surface area contributed by atoms with E-state index in [0.717, 1.165) is 19.4 Å². The molecule has 1 aromatic rings. The van der Waals surface area contributed by atoms with Gasteiger partial charge < -0.3 is 20.5 Å². The topological polar surface area (TPSA) is 73.6 Å². The third-order valence-corrected chi connectivity index (χ3v) is 3.34. The number of carbonyl (C=O) groups is 1. The van der Waals surface area contributed by atoms with Gasteiger partial charge in [0.05, 0.1) is 25.0 Å². The molecule has 104 valence electrons. The number of nitrogens with one attached hydrogen (secondary N) is 1. The molecule has 1 heterocycles. The largest absolute Gasteiger partial charge is 0.495 e. The number of hydrogen-bond acceptors (Lipinski definition) is 4. The van der Waals surface area contributed by atoms with Crippen LogP contribution in [0.5, 0.6) is 5.75 Å². The molecule has 1 unspecified atom stereocenters. The lowest BCUT2D eigenvalue weighted by Crippen LogP contribution is -2.33. The SMILES string of the molecule is COc1cccc(C(=O)NCC2CCCOC2)c1N. The molecule has 1 fully saturated rings. The predicted molar refractivity (Wildman–Crippen MR) is 73.3 cm³/mol. The standard InChI is InChI=1S/C14H20N2O3/c1-18-12-6-2-5-11(13(12)15)14(17)16-8-10-4-3-7-19-9-10/h2,5-6,10H,3-4,7-9,15H2,1H3,(H,16,17). The van der Waals surface area contributed by atoms with Crippen molar-refractivity contribution in [2.24, 2.45) is 5.92 Å². The Labute approximate surface area is 113 Å². The van der Waals surface area contributed by atoms with E-state index in [1.807, 2.05) is 0 Å². The Morgan fingerprint density at radius 2 is 2.42 bits per heavy atom. The van der Waals surface area contributed by atoms with Crippen LogP contribution in [-0.2, 0) is 4.74 Å². The smallest absolute Gasteiger partial charge is 0.253 e. The van der Waals surface area contributed by atoms with Crippen molar-refractivity contribution in [1.29, 1.82) is 0 Å². The van der Waals surface area contributed by atoms with E-state index in [2.05, 4.69) is 5.32 Å². The number of amides is 1. The summed E-state index contributed by atoms with van der Waals surface area (Å²) in [5.41, 5.74) is 6.72. The van der Waals surface area contributed by atoms with Crippen molar-refractivity contribution < 1.29 is 14.3 Å². The number of nitrogens with two attached hydrogens (primary N) is 1. The molecular formula is C14H20N2O3. The van der Waals surface area contributed by atoms with E-state index in [1.165, 1.54) is 7.11 Å². The lowest BCUT2D eigenvalue weighted by atomic mass is 10.0. The summed E-state index contributed by atoms with van der Waals surface area (Å²) in [6, 6.07) is 5.19. The van der Waals surface area contributed by atoms with Crippen LogP contribution in [-0.4, -0.2) is 32.8 Å². The Morgan fingerprint density at radius 3 is 3.11 bits per heavy atom. The van der Waals surface area contributed by atoms with Gasteiger partial charge >= 0.3 is 0 Å². The van der Waals surface area contributed by atoms with E-state index in [9.17, 15) is 4.79 Å². The summed E-state index contributed by atoms with van der Waals surface area (Å²) in [5.74, 6) is 0.750. The average Bonchev–Trinajstić information content (AvgIpc) is 2.46. The summed E-state index contributed by atoms with van der Waals surface area (Å²) in [7, 11) is 1.53. The van der Waals surface area contributed by atoms with Gasteiger partial charge in [-0.1, -0.05) is 6.07 Å². The predicted octanol–water partition coefficient (Wildman–Crippen LogP) is 1.43. The van der Waals surface area contributed by atoms with Crippen LogP contribution in [0.4, 0.5) is 5.69 Å². The van der Waals surface area contributed by atoms with Crippen molar-refractivity contribution in [3.05, 3.63) is 23.8 Å². The number of methoxy groups -OCH3 is 1. The summed E-state index contributed by atoms with van der Waals surface area (Å²) in [5, 5.41) is 2.91. The summed E-state index contributed by atoms with van der Waals surface area (Å²) in [6.45, 7) is 2.16. The van der Waals surface area contributed by atoms with Gasteiger partial charge in [-0.25, -0.2) is 0 Å². The van der Waals surface area contributed by atoms with Gasteiger partial charge in [0.2, 0.25) is 0 Å². The highest BCUT2D eigenvalue weighted by atomic mass is 16.5. The second-order valence-electron chi connectivity index (χ2n) is 4.71. The normalized spacial score (nSPS) is 18.9. The van der Waals surface area contributed by atoms with E-state index in [-0.39, 0.29) is 5.91 Å². The fourth-order valence-electron chi connectivity index (χ4n) is 2.22. The summed E-state index contributed by atoms with van der Waals surface area (Å²) in [6.07, 6.45) is 2.15.